The van der Waals surface area contributed by atoms with Crippen LogP contribution in [-0.2, 0) is 6.54 Å². The van der Waals surface area contributed by atoms with E-state index < -0.39 is 23.9 Å². The number of aromatic nitrogens is 1. The van der Waals surface area contributed by atoms with Crippen LogP contribution in [0.25, 0.3) is 0 Å². The number of halogens is 2. The number of nitrogens with zero attached hydrogens (tertiary/aromatic N) is 4. The first-order chi connectivity index (χ1) is 18.0. The van der Waals surface area contributed by atoms with E-state index in [1.54, 1.807) is 49.7 Å². The maximum Gasteiger partial charge on any atom is 0.335 e. The number of carbonyl (C=O) groups excluding carboxylic acids is 1. The van der Waals surface area contributed by atoms with E-state index in [4.69, 9.17) is 38.7 Å². The fraction of sp³-hybridized carbons (Fsp3) is 0.240. The molecule has 4 rings (SSSR count). The van der Waals surface area contributed by atoms with E-state index in [-0.39, 0.29) is 24.0 Å². The number of alkyl halides is 2. The minimum absolute atomic E-state index is 0.0455. The number of rotatable bonds is 8. The van der Waals surface area contributed by atoms with Gasteiger partial charge in [0.2, 0.25) is 5.88 Å². The van der Waals surface area contributed by atoms with Gasteiger partial charge in [-0.2, -0.15) is 4.98 Å². The number of nitrogen functional groups attached to an aromatic ring is 1. The zero-order valence-corrected chi connectivity index (χ0v) is 20.7. The fourth-order valence-electron chi connectivity index (χ4n) is 3.82. The molecule has 1 aliphatic heterocycles. The number of ether oxygens (including phenoxy) is 2. The normalized spacial score (nSPS) is 14.6. The van der Waals surface area contributed by atoms with E-state index in [2.05, 4.69) is 9.98 Å². The largest absolute Gasteiger partial charge is 0.516 e. The number of hydrogen-bond acceptors (Lipinski definition) is 6. The zero-order chi connectivity index (χ0) is 27.6. The standard InChI is InChI=1S/C25H22B3F2N5O3/c1-14(22(29)30)37-21-10-3-15-13-34(18-6-9-20(31)16(11-18)12-32-2)24(36)35(23(15)33-21)17-4-7-19(8-5-17)38-25(26,27)28/h3-12,14,22H,13,31H2,1-2H3. The minimum atomic E-state index is -2.71. The first-order valence-corrected chi connectivity index (χ1v) is 11.5. The highest BCUT2D eigenvalue weighted by Gasteiger charge is 2.34. The van der Waals surface area contributed by atoms with Crippen LogP contribution in [0.3, 0.4) is 0 Å². The quantitative estimate of drug-likeness (QED) is 0.284. The molecule has 0 bridgehead atoms. The lowest BCUT2D eigenvalue weighted by atomic mass is 9.52. The lowest BCUT2D eigenvalue weighted by Crippen LogP contribution is -2.45. The van der Waals surface area contributed by atoms with Crippen LogP contribution in [0.2, 0.25) is 0 Å². The summed E-state index contributed by atoms with van der Waals surface area (Å²) in [7, 11) is 18.1. The van der Waals surface area contributed by atoms with Crippen molar-refractivity contribution in [3.8, 4) is 11.6 Å². The van der Waals surface area contributed by atoms with Gasteiger partial charge in [-0.05, 0) is 60.8 Å². The molecular formula is C25H22B3F2N5O3. The molecule has 2 heterocycles. The maximum absolute atomic E-state index is 13.9. The molecule has 3 aromatic rings. The molecule has 0 spiro atoms. The summed E-state index contributed by atoms with van der Waals surface area (Å²) in [4.78, 5) is 25.2. The van der Waals surface area contributed by atoms with Crippen LogP contribution < -0.4 is 25.0 Å². The average molecular weight is 511 g/mol. The number of benzene rings is 2. The van der Waals surface area contributed by atoms with Gasteiger partial charge in [-0.25, -0.2) is 18.5 Å². The Labute approximate surface area is 223 Å². The van der Waals surface area contributed by atoms with E-state index in [9.17, 15) is 13.6 Å². The fourth-order valence-corrected chi connectivity index (χ4v) is 3.82. The Kier molecular flexibility index (Phi) is 7.66. The number of aliphatic imine (C=N–C) groups is 1. The molecule has 2 N–H and O–H groups in total. The van der Waals surface area contributed by atoms with Gasteiger partial charge in [-0.15, -0.1) is 0 Å². The smallest absolute Gasteiger partial charge is 0.335 e. The molecule has 188 valence electrons. The molecule has 13 heteroatoms. The Morgan fingerprint density at radius 2 is 1.79 bits per heavy atom. The molecule has 8 nitrogen and oxygen atoms in total. The third kappa shape index (κ3) is 5.93. The second kappa shape index (κ2) is 10.8. The molecule has 0 saturated carbocycles. The summed E-state index contributed by atoms with van der Waals surface area (Å²) in [6.07, 6.45) is -2.50. The van der Waals surface area contributed by atoms with Crippen molar-refractivity contribution in [2.24, 2.45) is 4.99 Å². The molecule has 1 unspecified atom stereocenters. The van der Waals surface area contributed by atoms with Crippen molar-refractivity contribution >= 4 is 58.7 Å². The second-order valence-electron chi connectivity index (χ2n) is 8.64. The van der Waals surface area contributed by atoms with Crippen molar-refractivity contribution < 1.29 is 23.0 Å². The molecule has 1 aliphatic rings. The Bertz CT molecular complexity index is 1350. The summed E-state index contributed by atoms with van der Waals surface area (Å²) in [6, 6.07) is 14.1. The van der Waals surface area contributed by atoms with Gasteiger partial charge in [-0.1, -0.05) is 0 Å². The number of carbonyl (C=O) groups is 1. The number of nitrogens with two attached hydrogens (primary N) is 1. The summed E-state index contributed by atoms with van der Waals surface area (Å²) in [6.45, 7) is 1.39. The molecule has 1 atom stereocenters. The van der Waals surface area contributed by atoms with Crippen LogP contribution in [-0.4, -0.2) is 65.6 Å². The summed E-state index contributed by atoms with van der Waals surface area (Å²) in [5.41, 5.74) is 8.82. The third-order valence-corrected chi connectivity index (χ3v) is 5.59. The summed E-state index contributed by atoms with van der Waals surface area (Å²) in [5.74, 6) is 0.451. The summed E-state index contributed by atoms with van der Waals surface area (Å²) < 4.78 is 36.7. The molecule has 0 saturated heterocycles. The third-order valence-electron chi connectivity index (χ3n) is 5.59. The SMILES string of the molecule is [B]C([B])([B])Oc1ccc(N2C(=O)N(c3ccc(N)c(C=NC)c3)Cc3ccc(OC(C)C(F)F)nc32)cc1. The molecule has 2 amide bonds. The highest BCUT2D eigenvalue weighted by Crippen LogP contribution is 2.38. The van der Waals surface area contributed by atoms with E-state index in [1.165, 1.54) is 34.9 Å². The van der Waals surface area contributed by atoms with Gasteiger partial charge in [-0.3, -0.25) is 9.89 Å². The molecule has 2 aromatic carbocycles. The number of urea groups is 1. The Morgan fingerprint density at radius 3 is 2.42 bits per heavy atom. The first-order valence-electron chi connectivity index (χ1n) is 11.5. The minimum Gasteiger partial charge on any atom is -0.516 e. The topological polar surface area (TPSA) is 93.3 Å². The highest BCUT2D eigenvalue weighted by molar-refractivity contribution is 6.58. The summed E-state index contributed by atoms with van der Waals surface area (Å²) in [5, 5.41) is -1.89. The molecule has 38 heavy (non-hydrogen) atoms. The van der Waals surface area contributed by atoms with Gasteiger partial charge in [0.05, 0.1) is 12.2 Å². The number of amides is 2. The lowest BCUT2D eigenvalue weighted by Gasteiger charge is -2.36. The van der Waals surface area contributed by atoms with Crippen molar-refractivity contribution in [3.05, 3.63) is 65.7 Å². The molecular weight excluding hydrogens is 489 g/mol. The van der Waals surface area contributed by atoms with Gasteiger partial charge in [0, 0.05) is 41.8 Å². The second-order valence-corrected chi connectivity index (χ2v) is 8.64. The monoisotopic (exact) mass is 511 g/mol. The number of anilines is 4. The Balaban J connectivity index is 1.78. The zero-order valence-electron chi connectivity index (χ0n) is 20.7. The maximum atomic E-state index is 13.9. The van der Waals surface area contributed by atoms with Crippen LogP contribution in [0, 0.1) is 0 Å². The predicted octanol–water partition coefficient (Wildman–Crippen LogP) is 3.52. The van der Waals surface area contributed by atoms with Crippen LogP contribution in [0.15, 0.2) is 59.6 Å². The van der Waals surface area contributed by atoms with E-state index in [0.29, 0.717) is 28.2 Å². The number of fused-ring (bicyclic) bond motifs is 1. The molecule has 0 fully saturated rings. The van der Waals surface area contributed by atoms with Gasteiger partial charge in [0.25, 0.3) is 6.43 Å². The van der Waals surface area contributed by atoms with Crippen LogP contribution in [0.5, 0.6) is 11.6 Å². The van der Waals surface area contributed by atoms with E-state index in [0.717, 1.165) is 0 Å². The van der Waals surface area contributed by atoms with Crippen molar-refractivity contribution in [2.45, 2.75) is 31.3 Å². The van der Waals surface area contributed by atoms with Crippen molar-refractivity contribution in [1.29, 1.82) is 0 Å². The van der Waals surface area contributed by atoms with Crippen molar-refractivity contribution in [1.82, 2.24) is 4.98 Å². The van der Waals surface area contributed by atoms with Gasteiger partial charge in [0.15, 0.2) is 6.10 Å². The predicted molar refractivity (Wildman–Crippen MR) is 145 cm³/mol. The number of pyridine rings is 1. The lowest BCUT2D eigenvalue weighted by molar-refractivity contribution is 0.0202. The van der Waals surface area contributed by atoms with Crippen molar-refractivity contribution in [2.75, 3.05) is 22.6 Å². The van der Waals surface area contributed by atoms with E-state index in [1.807, 2.05) is 0 Å². The molecule has 1 aromatic heterocycles. The number of hydrogen-bond donors (Lipinski definition) is 1. The van der Waals surface area contributed by atoms with E-state index >= 15 is 0 Å². The van der Waals surface area contributed by atoms with Crippen LogP contribution in [0.4, 0.5) is 36.5 Å². The summed E-state index contributed by atoms with van der Waals surface area (Å²) >= 11 is 0. The van der Waals surface area contributed by atoms with Crippen LogP contribution in [0.1, 0.15) is 18.1 Å². The highest BCUT2D eigenvalue weighted by atomic mass is 19.3. The van der Waals surface area contributed by atoms with Crippen molar-refractivity contribution in [3.63, 3.8) is 0 Å². The van der Waals surface area contributed by atoms with Gasteiger partial charge >= 0.3 is 6.03 Å². The average Bonchev–Trinajstić information content (AvgIpc) is 2.85. The first kappa shape index (κ1) is 27.0. The van der Waals surface area contributed by atoms with Gasteiger partial charge in [0.1, 0.15) is 35.1 Å². The Hall–Kier alpha value is -4.02. The molecule has 6 radical (unpaired) electrons. The van der Waals surface area contributed by atoms with Crippen LogP contribution >= 0.6 is 0 Å². The molecule has 0 aliphatic carbocycles. The van der Waals surface area contributed by atoms with Gasteiger partial charge < -0.3 is 15.2 Å². The Morgan fingerprint density at radius 1 is 1.11 bits per heavy atom.